The summed E-state index contributed by atoms with van der Waals surface area (Å²) >= 11 is 8.54. The van der Waals surface area contributed by atoms with E-state index in [2.05, 4.69) is 90.4 Å². The maximum Gasteiger partial charge on any atom is 0.105 e. The first-order valence-electron chi connectivity index (χ1n) is 10.00. The fourth-order valence-corrected chi connectivity index (χ4v) is 6.71. The van der Waals surface area contributed by atoms with Crippen LogP contribution in [0.5, 0.6) is 0 Å². The topological polar surface area (TPSA) is 28.1 Å². The van der Waals surface area contributed by atoms with E-state index >= 15 is 0 Å². The number of benzene rings is 1. The average Bonchev–Trinajstić information content (AvgIpc) is 3.22. The molecule has 2 nitrogen and oxygen atoms in total. The maximum absolute atomic E-state index is 5.14. The predicted molar refractivity (Wildman–Crippen MR) is 137 cm³/mol. The zero-order valence-electron chi connectivity index (χ0n) is 15.5. The summed E-state index contributed by atoms with van der Waals surface area (Å²) in [6, 6.07) is 8.77. The molecule has 5 heteroatoms. The Morgan fingerprint density at radius 3 is 2.25 bits per heavy atom. The van der Waals surface area contributed by atoms with Crippen LogP contribution in [0.4, 0.5) is 0 Å². The molecule has 0 bridgehead atoms. The number of rotatable bonds is 2. The fraction of sp³-hybridized carbons (Fsp3) is 0.348. The third kappa shape index (κ3) is 3.39. The van der Waals surface area contributed by atoms with Crippen LogP contribution in [-0.4, -0.2) is 8.70 Å². The summed E-state index contributed by atoms with van der Waals surface area (Å²) in [7, 11) is 0. The molecule has 2 heterocycles. The lowest BCUT2D eigenvalue weighted by Gasteiger charge is -2.19. The summed E-state index contributed by atoms with van der Waals surface area (Å²) in [6.07, 6.45) is 9.84. The molecule has 0 amide bonds. The van der Waals surface area contributed by atoms with Gasteiger partial charge in [-0.1, -0.05) is 28.1 Å². The van der Waals surface area contributed by atoms with Crippen molar-refractivity contribution >= 4 is 70.4 Å². The van der Waals surface area contributed by atoms with E-state index in [0.29, 0.717) is 0 Å². The van der Waals surface area contributed by atoms with Crippen LogP contribution < -0.4 is 0 Å². The van der Waals surface area contributed by atoms with Gasteiger partial charge >= 0.3 is 0 Å². The molecule has 0 saturated carbocycles. The number of hydrogen-bond donors (Lipinski definition) is 1. The molecule has 2 aliphatic carbocycles. The van der Waals surface area contributed by atoms with Crippen LogP contribution >= 0.6 is 61.1 Å². The Morgan fingerprint density at radius 2 is 1.50 bits per heavy atom. The number of aromatic amines is 1. The van der Waals surface area contributed by atoms with Crippen molar-refractivity contribution in [3.8, 4) is 0 Å². The number of fused-ring (bicyclic) bond motifs is 1. The minimum Gasteiger partial charge on any atom is -0.349 e. The molecule has 0 atom stereocenters. The number of aromatic nitrogens is 1. The molecule has 1 N–H and O–H groups in total. The zero-order valence-corrected chi connectivity index (χ0v) is 21.4. The Balaban J connectivity index is 1.79. The van der Waals surface area contributed by atoms with Crippen molar-refractivity contribution in [1.82, 2.24) is 4.98 Å². The molecule has 2 aromatic rings. The van der Waals surface area contributed by atoms with Gasteiger partial charge in [-0.25, -0.2) is 4.99 Å². The van der Waals surface area contributed by atoms with Crippen molar-refractivity contribution in [2.45, 2.75) is 51.4 Å². The van der Waals surface area contributed by atoms with Gasteiger partial charge in [0.15, 0.2) is 0 Å². The van der Waals surface area contributed by atoms with Crippen molar-refractivity contribution in [1.29, 1.82) is 0 Å². The zero-order chi connectivity index (χ0) is 19.3. The molecule has 0 fully saturated rings. The molecule has 0 unspecified atom stereocenters. The molecule has 1 aromatic heterocycles. The summed E-state index contributed by atoms with van der Waals surface area (Å²) in [5.41, 5.74) is 11.1. The number of allylic oxidation sites excluding steroid dienone is 2. The first-order valence-corrected chi connectivity index (χ1v) is 13.0. The van der Waals surface area contributed by atoms with Crippen LogP contribution in [0.2, 0.25) is 0 Å². The van der Waals surface area contributed by atoms with Gasteiger partial charge in [0.2, 0.25) is 0 Å². The van der Waals surface area contributed by atoms with E-state index in [9.17, 15) is 0 Å². The Kier molecular flexibility index (Phi) is 5.60. The highest BCUT2D eigenvalue weighted by Gasteiger charge is 2.30. The van der Waals surface area contributed by atoms with Crippen LogP contribution in [-0.2, 0) is 12.8 Å². The van der Waals surface area contributed by atoms with E-state index in [1.54, 1.807) is 0 Å². The first kappa shape index (κ1) is 19.5. The molecule has 0 spiro atoms. The number of halogens is 3. The monoisotopic (exact) mass is 658 g/mol. The van der Waals surface area contributed by atoms with Gasteiger partial charge in [-0.15, -0.1) is 0 Å². The SMILES string of the molecule is Brc1ccc(/C(=C2/N=C(I)C3=C2CCCC3)c2[nH]c(I)c3c2CCCC3)cc1. The normalized spacial score (nSPS) is 20.8. The molecule has 3 aliphatic rings. The minimum absolute atomic E-state index is 1.12. The standard InChI is InChI=1S/C23H21BrI2N2/c24-14-11-9-13(10-12-14)19(20-15-5-1-3-7-17(15)22(25)27-20)21-16-6-2-4-8-18(16)23(26)28-21/h9-12,27H,1-8H2/b21-19-. The molecule has 28 heavy (non-hydrogen) atoms. The second-order valence-electron chi connectivity index (χ2n) is 7.78. The smallest absolute Gasteiger partial charge is 0.105 e. The number of nitrogens with one attached hydrogen (secondary N) is 1. The van der Waals surface area contributed by atoms with Gasteiger partial charge in [0, 0.05) is 10.0 Å². The van der Waals surface area contributed by atoms with E-state index in [-0.39, 0.29) is 0 Å². The molecule has 0 radical (unpaired) electrons. The Bertz CT molecular complexity index is 1040. The van der Waals surface area contributed by atoms with Crippen LogP contribution in [0, 0.1) is 3.70 Å². The Hall–Kier alpha value is -0.410. The van der Waals surface area contributed by atoms with Gasteiger partial charge in [0.1, 0.15) is 3.72 Å². The van der Waals surface area contributed by atoms with Gasteiger partial charge < -0.3 is 4.98 Å². The van der Waals surface area contributed by atoms with Crippen molar-refractivity contribution in [2.75, 3.05) is 0 Å². The van der Waals surface area contributed by atoms with Crippen LogP contribution in [0.1, 0.15) is 60.9 Å². The van der Waals surface area contributed by atoms with Crippen LogP contribution in [0.25, 0.3) is 5.57 Å². The number of H-pyrrole nitrogens is 1. The highest BCUT2D eigenvalue weighted by Crippen LogP contribution is 2.45. The van der Waals surface area contributed by atoms with E-state index < -0.39 is 0 Å². The van der Waals surface area contributed by atoms with E-state index in [4.69, 9.17) is 4.99 Å². The second-order valence-corrected chi connectivity index (χ2v) is 10.8. The molecule has 5 rings (SSSR count). The number of nitrogens with zero attached hydrogens (tertiary/aromatic N) is 1. The fourth-order valence-electron chi connectivity index (χ4n) is 4.75. The van der Waals surface area contributed by atoms with Crippen molar-refractivity contribution in [3.05, 3.63) is 71.7 Å². The molecule has 1 aromatic carbocycles. The Labute approximate surface area is 201 Å². The maximum atomic E-state index is 5.14. The van der Waals surface area contributed by atoms with Crippen LogP contribution in [0.15, 0.2) is 50.6 Å². The summed E-state index contributed by atoms with van der Waals surface area (Å²) in [6.45, 7) is 0. The van der Waals surface area contributed by atoms with Crippen molar-refractivity contribution in [3.63, 3.8) is 0 Å². The van der Waals surface area contributed by atoms with Gasteiger partial charge in [-0.05, 0) is 137 Å². The number of hydrogen-bond acceptors (Lipinski definition) is 1. The molecule has 0 saturated heterocycles. The predicted octanol–water partition coefficient (Wildman–Crippen LogP) is 7.74. The lowest BCUT2D eigenvalue weighted by molar-refractivity contribution is 0.687. The molecule has 1 aliphatic heterocycles. The third-order valence-electron chi connectivity index (χ3n) is 6.10. The van der Waals surface area contributed by atoms with Crippen LogP contribution in [0.3, 0.4) is 0 Å². The minimum atomic E-state index is 1.12. The van der Waals surface area contributed by atoms with E-state index in [1.807, 2.05) is 0 Å². The number of aliphatic imine (C=N–C) groups is 1. The Morgan fingerprint density at radius 1 is 0.857 bits per heavy atom. The largest absolute Gasteiger partial charge is 0.349 e. The van der Waals surface area contributed by atoms with Crippen molar-refractivity contribution in [2.24, 2.45) is 4.99 Å². The summed E-state index contributed by atoms with van der Waals surface area (Å²) in [5, 5.41) is 0. The second kappa shape index (κ2) is 8.02. The lowest BCUT2D eigenvalue weighted by Crippen LogP contribution is -2.05. The highest BCUT2D eigenvalue weighted by atomic mass is 127. The van der Waals surface area contributed by atoms with Gasteiger partial charge in [0.05, 0.1) is 15.1 Å². The van der Waals surface area contributed by atoms with Gasteiger partial charge in [-0.3, -0.25) is 0 Å². The van der Waals surface area contributed by atoms with Gasteiger partial charge in [-0.2, -0.15) is 0 Å². The van der Waals surface area contributed by atoms with Crippen molar-refractivity contribution < 1.29 is 0 Å². The first-order chi connectivity index (χ1) is 13.6. The summed E-state index contributed by atoms with van der Waals surface area (Å²) in [4.78, 5) is 8.92. The van der Waals surface area contributed by atoms with E-state index in [0.717, 1.165) is 10.9 Å². The quantitative estimate of drug-likeness (QED) is 0.320. The summed E-state index contributed by atoms with van der Waals surface area (Å²) in [5.74, 6) is 0. The average molecular weight is 659 g/mol. The highest BCUT2D eigenvalue weighted by molar-refractivity contribution is 14.1. The lowest BCUT2D eigenvalue weighted by atomic mass is 9.86. The molecular weight excluding hydrogens is 638 g/mol. The third-order valence-corrected chi connectivity index (χ3v) is 8.44. The molecule has 144 valence electrons. The van der Waals surface area contributed by atoms with E-state index in [1.165, 1.54) is 97.2 Å². The molecular formula is C23H21BrI2N2. The summed E-state index contributed by atoms with van der Waals surface area (Å²) < 4.78 is 3.63. The van der Waals surface area contributed by atoms with Gasteiger partial charge in [0.25, 0.3) is 0 Å².